The molecule has 0 bridgehead atoms. The molecule has 12 heteroatoms. The molecule has 12 nitrogen and oxygen atoms in total. The van der Waals surface area contributed by atoms with Gasteiger partial charge in [-0.3, -0.25) is 14.0 Å². The minimum atomic E-state index is -1.13. The Labute approximate surface area is 221 Å². The average Bonchev–Trinajstić information content (AvgIpc) is 3.31. The molecule has 0 aliphatic rings. The molecule has 2 heterocycles. The first-order valence-corrected chi connectivity index (χ1v) is 12.1. The summed E-state index contributed by atoms with van der Waals surface area (Å²) < 4.78 is 13.1. The number of hydrogen-bond donors (Lipinski definition) is 2. The van der Waals surface area contributed by atoms with E-state index >= 15 is 0 Å². The molecule has 0 radical (unpaired) electrons. The number of amides is 3. The van der Waals surface area contributed by atoms with Gasteiger partial charge in [-0.15, -0.1) is 10.2 Å². The van der Waals surface area contributed by atoms with Crippen LogP contribution in [0.1, 0.15) is 37.0 Å². The fraction of sp³-hybridized carbons (Fsp3) is 0.423. The molecule has 2 aromatic heterocycles. The van der Waals surface area contributed by atoms with Crippen molar-refractivity contribution in [1.82, 2.24) is 29.7 Å². The molecular weight excluding hydrogens is 490 g/mol. The number of carbonyl (C=O) groups excluding carboxylic acids is 3. The molecular formula is C26H35N7O5. The van der Waals surface area contributed by atoms with Crippen molar-refractivity contribution in [1.29, 1.82) is 0 Å². The Bertz CT molecular complexity index is 1250. The first-order valence-electron chi connectivity index (χ1n) is 12.1. The lowest BCUT2D eigenvalue weighted by Gasteiger charge is -2.24. The Morgan fingerprint density at radius 2 is 1.74 bits per heavy atom. The predicted molar refractivity (Wildman–Crippen MR) is 140 cm³/mol. The Balaban J connectivity index is 1.82. The quantitative estimate of drug-likeness (QED) is 0.383. The van der Waals surface area contributed by atoms with E-state index in [0.29, 0.717) is 23.8 Å². The highest BCUT2D eigenvalue weighted by Crippen LogP contribution is 2.19. The van der Waals surface area contributed by atoms with Crippen molar-refractivity contribution in [2.75, 3.05) is 34.3 Å². The van der Waals surface area contributed by atoms with Crippen molar-refractivity contribution >= 4 is 23.6 Å². The number of ether oxygens (including phenoxy) is 2. The second-order valence-electron chi connectivity index (χ2n) is 9.72. The maximum Gasteiger partial charge on any atom is 0.410 e. The molecule has 0 saturated heterocycles. The van der Waals surface area contributed by atoms with Gasteiger partial charge >= 0.3 is 6.09 Å². The van der Waals surface area contributed by atoms with E-state index in [1.165, 1.54) is 16.8 Å². The van der Waals surface area contributed by atoms with Crippen LogP contribution in [0, 0.1) is 0 Å². The van der Waals surface area contributed by atoms with Gasteiger partial charge < -0.3 is 30.3 Å². The lowest BCUT2D eigenvalue weighted by atomic mass is 10.1. The third-order valence-corrected chi connectivity index (χ3v) is 5.66. The molecule has 1 atom stereocenters. The third-order valence-electron chi connectivity index (χ3n) is 5.66. The number of carbonyl (C=O) groups is 3. The topological polar surface area (TPSA) is 144 Å². The number of pyridine rings is 1. The zero-order valence-corrected chi connectivity index (χ0v) is 22.4. The SMILES string of the molecule is CN(C)C(=O)CN(C)C(=O)OCc1cccc2nnc([C@@H](COCc3ccccc3)NC(=O)C(C)(C)N)n12. The smallest absolute Gasteiger partial charge is 0.410 e. The van der Waals surface area contributed by atoms with E-state index in [9.17, 15) is 14.4 Å². The van der Waals surface area contributed by atoms with Crippen LogP contribution in [0.2, 0.25) is 0 Å². The lowest BCUT2D eigenvalue weighted by molar-refractivity contribution is -0.129. The van der Waals surface area contributed by atoms with Crippen molar-refractivity contribution in [3.05, 3.63) is 65.6 Å². The molecule has 3 rings (SSSR count). The summed E-state index contributed by atoms with van der Waals surface area (Å²) in [6.07, 6.45) is -0.659. The zero-order chi connectivity index (χ0) is 27.9. The van der Waals surface area contributed by atoms with E-state index in [-0.39, 0.29) is 25.7 Å². The average molecular weight is 526 g/mol. The van der Waals surface area contributed by atoms with Crippen molar-refractivity contribution in [2.24, 2.45) is 5.73 Å². The Kier molecular flexibility index (Phi) is 9.37. The van der Waals surface area contributed by atoms with Crippen LogP contribution in [0.5, 0.6) is 0 Å². The van der Waals surface area contributed by atoms with Crippen molar-refractivity contribution < 1.29 is 23.9 Å². The number of likely N-dealkylation sites (N-methyl/N-ethyl adjacent to an activating group) is 2. The number of hydrogen-bond acceptors (Lipinski definition) is 8. The molecule has 0 spiro atoms. The highest BCUT2D eigenvalue weighted by atomic mass is 16.6. The summed E-state index contributed by atoms with van der Waals surface area (Å²) in [6.45, 7) is 3.41. The third kappa shape index (κ3) is 7.49. The van der Waals surface area contributed by atoms with Gasteiger partial charge in [-0.25, -0.2) is 4.79 Å². The summed E-state index contributed by atoms with van der Waals surface area (Å²) in [5.41, 5.74) is 6.93. The van der Waals surface area contributed by atoms with Gasteiger partial charge in [-0.1, -0.05) is 36.4 Å². The monoisotopic (exact) mass is 525 g/mol. The second kappa shape index (κ2) is 12.5. The first-order chi connectivity index (χ1) is 18.0. The van der Waals surface area contributed by atoms with E-state index in [1.807, 2.05) is 30.3 Å². The van der Waals surface area contributed by atoms with Gasteiger partial charge in [-0.2, -0.15) is 0 Å². The van der Waals surface area contributed by atoms with E-state index < -0.39 is 23.6 Å². The number of aromatic nitrogens is 3. The summed E-state index contributed by atoms with van der Waals surface area (Å²) in [4.78, 5) is 39.8. The Morgan fingerprint density at radius 3 is 2.39 bits per heavy atom. The van der Waals surface area contributed by atoms with Crippen LogP contribution in [0.3, 0.4) is 0 Å². The molecule has 1 aromatic carbocycles. The molecule has 3 amide bonds. The molecule has 0 fully saturated rings. The minimum Gasteiger partial charge on any atom is -0.443 e. The minimum absolute atomic E-state index is 0.0982. The Hall–Kier alpha value is -4.03. The fourth-order valence-corrected chi connectivity index (χ4v) is 3.42. The van der Waals surface area contributed by atoms with Crippen molar-refractivity contribution in [3.63, 3.8) is 0 Å². The van der Waals surface area contributed by atoms with Crippen LogP contribution in [-0.2, 0) is 32.3 Å². The van der Waals surface area contributed by atoms with Gasteiger partial charge in [0.2, 0.25) is 11.8 Å². The van der Waals surface area contributed by atoms with Crippen molar-refractivity contribution in [3.8, 4) is 0 Å². The van der Waals surface area contributed by atoms with Gasteiger partial charge in [0, 0.05) is 21.1 Å². The van der Waals surface area contributed by atoms with Crippen molar-refractivity contribution in [2.45, 2.75) is 38.6 Å². The molecule has 38 heavy (non-hydrogen) atoms. The van der Waals surface area contributed by atoms with Gasteiger partial charge in [-0.05, 0) is 31.5 Å². The van der Waals surface area contributed by atoms with Gasteiger partial charge in [0.15, 0.2) is 11.5 Å². The van der Waals surface area contributed by atoms with E-state index in [0.717, 1.165) is 5.56 Å². The molecule has 0 aliphatic heterocycles. The normalized spacial score (nSPS) is 12.2. The summed E-state index contributed by atoms with van der Waals surface area (Å²) in [5, 5.41) is 11.5. The van der Waals surface area contributed by atoms with Gasteiger partial charge in [0.1, 0.15) is 19.2 Å². The van der Waals surface area contributed by atoms with Crippen LogP contribution >= 0.6 is 0 Å². The van der Waals surface area contributed by atoms with Crippen LogP contribution < -0.4 is 11.1 Å². The molecule has 204 valence electrons. The molecule has 3 N–H and O–H groups in total. The van der Waals surface area contributed by atoms with Gasteiger partial charge in [0.25, 0.3) is 0 Å². The number of nitrogens with zero attached hydrogens (tertiary/aromatic N) is 5. The molecule has 0 saturated carbocycles. The maximum atomic E-state index is 12.8. The summed E-state index contributed by atoms with van der Waals surface area (Å²) in [7, 11) is 4.71. The van der Waals surface area contributed by atoms with E-state index in [2.05, 4.69) is 15.5 Å². The molecule has 0 aliphatic carbocycles. The van der Waals surface area contributed by atoms with Gasteiger partial charge in [0.05, 0.1) is 24.4 Å². The van der Waals surface area contributed by atoms with Crippen LogP contribution in [0.15, 0.2) is 48.5 Å². The number of benzene rings is 1. The highest BCUT2D eigenvalue weighted by molar-refractivity contribution is 5.85. The summed E-state index contributed by atoms with van der Waals surface area (Å²) in [6, 6.07) is 14.2. The number of fused-ring (bicyclic) bond motifs is 1. The van der Waals surface area contributed by atoms with Crippen LogP contribution in [0.4, 0.5) is 4.79 Å². The second-order valence-corrected chi connectivity index (χ2v) is 9.72. The Morgan fingerprint density at radius 1 is 1.03 bits per heavy atom. The number of rotatable bonds is 11. The zero-order valence-electron chi connectivity index (χ0n) is 22.4. The summed E-state index contributed by atoms with van der Waals surface area (Å²) in [5.74, 6) is -0.225. The number of nitrogens with two attached hydrogens (primary N) is 1. The maximum absolute atomic E-state index is 12.8. The fourth-order valence-electron chi connectivity index (χ4n) is 3.42. The van der Waals surface area contributed by atoms with E-state index in [4.69, 9.17) is 15.2 Å². The first kappa shape index (κ1) is 28.5. The lowest BCUT2D eigenvalue weighted by Crippen LogP contribution is -2.51. The van der Waals surface area contributed by atoms with Crippen LogP contribution in [0.25, 0.3) is 5.65 Å². The molecule has 0 unspecified atom stereocenters. The predicted octanol–water partition coefficient (Wildman–Crippen LogP) is 1.50. The number of nitrogens with one attached hydrogen (secondary N) is 1. The van der Waals surface area contributed by atoms with Crippen LogP contribution in [-0.4, -0.2) is 82.1 Å². The molecule has 3 aromatic rings. The van der Waals surface area contributed by atoms with E-state index in [1.54, 1.807) is 50.5 Å². The largest absolute Gasteiger partial charge is 0.443 e. The highest BCUT2D eigenvalue weighted by Gasteiger charge is 2.28. The standard InChI is InChI=1S/C26H35N7O5/c1-26(2,27)24(35)28-20(17-37-15-18-10-7-6-8-11-18)23-30-29-21-13-9-12-19(33(21)23)16-38-25(36)32(5)14-22(34)31(3)4/h6-13,20H,14-17,27H2,1-5H3,(H,28,35)/t20-/m1/s1. The summed E-state index contributed by atoms with van der Waals surface area (Å²) >= 11 is 0.